The highest BCUT2D eigenvalue weighted by atomic mass is 28.3. The van der Waals surface area contributed by atoms with Crippen LogP contribution in [0.25, 0.3) is 0 Å². The van der Waals surface area contributed by atoms with Crippen LogP contribution in [0.15, 0.2) is 0 Å². The standard InChI is InChI=1S/C10H25NOSi/c1-6-10(2,12-3)13(4,5)9-7-8-11/h6-9,11H2,1-5H3. The van der Waals surface area contributed by atoms with Crippen LogP contribution in [0.1, 0.15) is 26.7 Å². The monoisotopic (exact) mass is 203 g/mol. The van der Waals surface area contributed by atoms with Crippen molar-refractivity contribution in [3.05, 3.63) is 0 Å². The normalized spacial score (nSPS) is 17.1. The van der Waals surface area contributed by atoms with E-state index in [1.165, 1.54) is 6.04 Å². The molecule has 2 N–H and O–H groups in total. The maximum absolute atomic E-state index is 5.67. The molecule has 0 heterocycles. The highest BCUT2D eigenvalue weighted by Crippen LogP contribution is 2.31. The van der Waals surface area contributed by atoms with Gasteiger partial charge in [-0.3, -0.25) is 0 Å². The van der Waals surface area contributed by atoms with E-state index in [2.05, 4.69) is 26.9 Å². The smallest absolute Gasteiger partial charge is 0.0851 e. The van der Waals surface area contributed by atoms with Crippen molar-refractivity contribution in [1.29, 1.82) is 0 Å². The summed E-state index contributed by atoms with van der Waals surface area (Å²) >= 11 is 0. The number of methoxy groups -OCH3 is 1. The average Bonchev–Trinajstić information content (AvgIpc) is 2.13. The Bertz CT molecular complexity index is 144. The van der Waals surface area contributed by atoms with Crippen LogP contribution in [0.4, 0.5) is 0 Å². The highest BCUT2D eigenvalue weighted by Gasteiger charge is 2.40. The van der Waals surface area contributed by atoms with Crippen molar-refractivity contribution < 1.29 is 4.74 Å². The summed E-state index contributed by atoms with van der Waals surface area (Å²) in [6, 6.07) is 1.27. The molecule has 0 aromatic rings. The predicted octanol–water partition coefficient (Wildman–Crippen LogP) is 2.40. The lowest BCUT2D eigenvalue weighted by molar-refractivity contribution is 0.0647. The first kappa shape index (κ1) is 13.1. The first-order chi connectivity index (χ1) is 5.93. The summed E-state index contributed by atoms with van der Waals surface area (Å²) in [5.74, 6) is 0. The Morgan fingerprint density at radius 2 is 1.92 bits per heavy atom. The molecule has 0 spiro atoms. The molecule has 0 amide bonds. The van der Waals surface area contributed by atoms with Gasteiger partial charge in [0.1, 0.15) is 0 Å². The summed E-state index contributed by atoms with van der Waals surface area (Å²) in [6.45, 7) is 10.1. The second kappa shape index (κ2) is 5.13. The van der Waals surface area contributed by atoms with E-state index >= 15 is 0 Å². The Labute approximate surface area is 83.9 Å². The van der Waals surface area contributed by atoms with Gasteiger partial charge in [0.2, 0.25) is 0 Å². The maximum Gasteiger partial charge on any atom is 0.0851 e. The van der Waals surface area contributed by atoms with Crippen molar-refractivity contribution in [3.63, 3.8) is 0 Å². The Morgan fingerprint density at radius 3 is 2.23 bits per heavy atom. The topological polar surface area (TPSA) is 35.2 Å². The summed E-state index contributed by atoms with van der Waals surface area (Å²) < 4.78 is 5.67. The highest BCUT2D eigenvalue weighted by molar-refractivity contribution is 6.80. The van der Waals surface area contributed by atoms with Crippen molar-refractivity contribution in [2.24, 2.45) is 5.73 Å². The van der Waals surface area contributed by atoms with Crippen molar-refractivity contribution >= 4 is 8.07 Å². The first-order valence-electron chi connectivity index (χ1n) is 5.18. The SMILES string of the molecule is CCC(C)(OC)[Si](C)(C)CCCN. The number of hydrogen-bond acceptors (Lipinski definition) is 2. The third-order valence-corrected chi connectivity index (χ3v) is 8.59. The van der Waals surface area contributed by atoms with Gasteiger partial charge < -0.3 is 10.5 Å². The second-order valence-electron chi connectivity index (χ2n) is 4.56. The molecule has 0 radical (unpaired) electrons. The molecule has 0 aliphatic heterocycles. The van der Waals surface area contributed by atoms with Crippen LogP contribution < -0.4 is 5.73 Å². The van der Waals surface area contributed by atoms with E-state index in [1.54, 1.807) is 0 Å². The van der Waals surface area contributed by atoms with Gasteiger partial charge in [-0.15, -0.1) is 0 Å². The zero-order chi connectivity index (χ0) is 10.5. The van der Waals surface area contributed by atoms with Gasteiger partial charge in [0.25, 0.3) is 0 Å². The molecule has 3 heteroatoms. The van der Waals surface area contributed by atoms with Crippen molar-refractivity contribution in [3.8, 4) is 0 Å². The largest absolute Gasteiger partial charge is 0.382 e. The number of rotatable bonds is 6. The van der Waals surface area contributed by atoms with E-state index in [-0.39, 0.29) is 5.22 Å². The number of ether oxygens (including phenoxy) is 1. The molecule has 0 saturated carbocycles. The molecular formula is C10H25NOSi. The Kier molecular flexibility index (Phi) is 5.18. The molecule has 0 rings (SSSR count). The molecule has 0 saturated heterocycles. The fourth-order valence-electron chi connectivity index (χ4n) is 1.71. The fraction of sp³-hybridized carbons (Fsp3) is 1.00. The second-order valence-corrected chi connectivity index (χ2v) is 9.89. The van der Waals surface area contributed by atoms with Gasteiger partial charge in [0.15, 0.2) is 0 Å². The fourth-order valence-corrected chi connectivity index (χ4v) is 4.83. The lowest BCUT2D eigenvalue weighted by Crippen LogP contribution is -2.53. The van der Waals surface area contributed by atoms with E-state index in [0.29, 0.717) is 0 Å². The van der Waals surface area contributed by atoms with E-state index in [9.17, 15) is 0 Å². The van der Waals surface area contributed by atoms with Gasteiger partial charge in [-0.05, 0) is 26.3 Å². The van der Waals surface area contributed by atoms with E-state index < -0.39 is 8.07 Å². The Hall–Kier alpha value is 0.137. The van der Waals surface area contributed by atoms with Crippen LogP contribution in [0.3, 0.4) is 0 Å². The minimum absolute atomic E-state index is 0.113. The maximum atomic E-state index is 5.67. The van der Waals surface area contributed by atoms with Gasteiger partial charge in [0, 0.05) is 7.11 Å². The first-order valence-corrected chi connectivity index (χ1v) is 8.39. The molecule has 1 atom stereocenters. The van der Waals surface area contributed by atoms with Gasteiger partial charge in [0.05, 0.1) is 13.3 Å². The number of hydrogen-bond donors (Lipinski definition) is 1. The van der Waals surface area contributed by atoms with Crippen LogP contribution in [-0.4, -0.2) is 27.0 Å². The zero-order valence-electron chi connectivity index (χ0n) is 9.81. The van der Waals surface area contributed by atoms with Gasteiger partial charge in [-0.2, -0.15) is 0 Å². The lowest BCUT2D eigenvalue weighted by Gasteiger charge is -2.41. The molecule has 0 bridgehead atoms. The molecule has 0 aliphatic carbocycles. The van der Waals surface area contributed by atoms with E-state index in [4.69, 9.17) is 10.5 Å². The molecule has 13 heavy (non-hydrogen) atoms. The third-order valence-electron chi connectivity index (χ3n) is 3.56. The van der Waals surface area contributed by atoms with E-state index in [0.717, 1.165) is 19.4 Å². The predicted molar refractivity (Wildman–Crippen MR) is 61.7 cm³/mol. The molecule has 0 aromatic heterocycles. The van der Waals surface area contributed by atoms with Crippen molar-refractivity contribution in [1.82, 2.24) is 0 Å². The molecule has 0 fully saturated rings. The average molecular weight is 203 g/mol. The Morgan fingerprint density at radius 1 is 1.38 bits per heavy atom. The quantitative estimate of drug-likeness (QED) is 0.673. The molecule has 0 aliphatic rings. The number of nitrogens with two attached hydrogens (primary N) is 1. The molecular weight excluding hydrogens is 178 g/mol. The van der Waals surface area contributed by atoms with Crippen LogP contribution in [0, 0.1) is 0 Å². The summed E-state index contributed by atoms with van der Waals surface area (Å²) in [6.07, 6.45) is 2.24. The molecule has 2 nitrogen and oxygen atoms in total. The van der Waals surface area contributed by atoms with Crippen molar-refractivity contribution in [2.75, 3.05) is 13.7 Å². The van der Waals surface area contributed by atoms with Crippen LogP contribution in [0.5, 0.6) is 0 Å². The molecule has 80 valence electrons. The van der Waals surface area contributed by atoms with Gasteiger partial charge in [-0.25, -0.2) is 0 Å². The zero-order valence-corrected chi connectivity index (χ0v) is 10.8. The summed E-state index contributed by atoms with van der Waals surface area (Å²) in [5, 5.41) is 0.113. The van der Waals surface area contributed by atoms with Crippen LogP contribution >= 0.6 is 0 Å². The summed E-state index contributed by atoms with van der Waals surface area (Å²) in [7, 11) is 0.554. The molecule has 1 unspecified atom stereocenters. The van der Waals surface area contributed by atoms with Crippen LogP contribution in [0.2, 0.25) is 19.1 Å². The Balaban J connectivity index is 4.37. The third kappa shape index (κ3) is 3.08. The minimum Gasteiger partial charge on any atom is -0.382 e. The van der Waals surface area contributed by atoms with Crippen molar-refractivity contribution in [2.45, 2.75) is 51.1 Å². The van der Waals surface area contributed by atoms with Gasteiger partial charge in [-0.1, -0.05) is 26.1 Å². The summed E-state index contributed by atoms with van der Waals surface area (Å²) in [4.78, 5) is 0. The lowest BCUT2D eigenvalue weighted by atomic mass is 10.3. The van der Waals surface area contributed by atoms with Crippen LogP contribution in [-0.2, 0) is 4.74 Å². The minimum atomic E-state index is -1.28. The summed E-state index contributed by atoms with van der Waals surface area (Å²) in [5.41, 5.74) is 5.54. The van der Waals surface area contributed by atoms with E-state index in [1.807, 2.05) is 7.11 Å². The molecule has 0 aromatic carbocycles. The van der Waals surface area contributed by atoms with Gasteiger partial charge >= 0.3 is 0 Å².